The second-order valence-electron chi connectivity index (χ2n) is 7.30. The van der Waals surface area contributed by atoms with Crippen LogP contribution in [-0.4, -0.2) is 16.9 Å². The van der Waals surface area contributed by atoms with Gasteiger partial charge in [0.25, 0.3) is 5.91 Å². The second kappa shape index (κ2) is 4.21. The van der Waals surface area contributed by atoms with Crippen LogP contribution in [0.25, 0.3) is 0 Å². The highest BCUT2D eigenvalue weighted by Crippen LogP contribution is 2.62. The van der Waals surface area contributed by atoms with Gasteiger partial charge in [-0.25, -0.2) is 4.98 Å². The number of carbonyl (C=O) groups is 1. The summed E-state index contributed by atoms with van der Waals surface area (Å²) in [6.07, 6.45) is 5.25. The summed E-state index contributed by atoms with van der Waals surface area (Å²) in [4.78, 5) is 16.5. The summed E-state index contributed by atoms with van der Waals surface area (Å²) in [6.45, 7) is 6.87. The number of carbonyl (C=O) groups excluding carboxylic acids is 1. The molecule has 3 rings (SSSR count). The highest BCUT2D eigenvalue weighted by atomic mass is 16.2. The zero-order valence-electron chi connectivity index (χ0n) is 12.4. The van der Waals surface area contributed by atoms with E-state index in [-0.39, 0.29) is 22.8 Å². The Balaban J connectivity index is 1.80. The number of hydrogen-bond acceptors (Lipinski definition) is 3. The van der Waals surface area contributed by atoms with Gasteiger partial charge in [-0.3, -0.25) is 4.79 Å². The van der Waals surface area contributed by atoms with E-state index in [1.165, 1.54) is 25.5 Å². The molecule has 3 unspecified atom stereocenters. The number of nitrogens with zero attached hydrogens (tertiary/aromatic N) is 1. The summed E-state index contributed by atoms with van der Waals surface area (Å²) in [5.41, 5.74) is 7.03. The topological polar surface area (TPSA) is 68.0 Å². The Morgan fingerprint density at radius 2 is 2.15 bits per heavy atom. The third kappa shape index (κ3) is 1.89. The second-order valence-corrected chi connectivity index (χ2v) is 7.30. The summed E-state index contributed by atoms with van der Waals surface area (Å²) in [6, 6.07) is 3.63. The Morgan fingerprint density at radius 3 is 2.70 bits per heavy atom. The SMILES string of the molecule is CC12CCC(C1)C(C)(C)C2NC(=O)c1ccc(N)cn1. The van der Waals surface area contributed by atoms with E-state index in [1.807, 2.05) is 0 Å². The molecule has 0 radical (unpaired) electrons. The van der Waals surface area contributed by atoms with Gasteiger partial charge in [0.15, 0.2) is 0 Å². The largest absolute Gasteiger partial charge is 0.397 e. The Bertz CT molecular complexity index is 532. The monoisotopic (exact) mass is 273 g/mol. The Morgan fingerprint density at radius 1 is 1.40 bits per heavy atom. The standard InChI is InChI=1S/C16H23N3O/c1-15(2)10-6-7-16(3,8-10)14(15)19-13(20)12-5-4-11(17)9-18-12/h4-5,9-10,14H,6-8,17H2,1-3H3,(H,19,20). The van der Waals surface area contributed by atoms with Crippen molar-refractivity contribution in [3.05, 3.63) is 24.0 Å². The normalized spacial score (nSPS) is 34.1. The minimum absolute atomic E-state index is 0.0862. The van der Waals surface area contributed by atoms with Gasteiger partial charge >= 0.3 is 0 Å². The van der Waals surface area contributed by atoms with Gasteiger partial charge in [0, 0.05) is 6.04 Å². The van der Waals surface area contributed by atoms with Gasteiger partial charge in [-0.2, -0.15) is 0 Å². The summed E-state index contributed by atoms with van der Waals surface area (Å²) >= 11 is 0. The van der Waals surface area contributed by atoms with Gasteiger partial charge in [0.1, 0.15) is 5.69 Å². The minimum atomic E-state index is -0.0862. The van der Waals surface area contributed by atoms with Crippen molar-refractivity contribution in [1.82, 2.24) is 10.3 Å². The van der Waals surface area contributed by atoms with Gasteiger partial charge in [-0.1, -0.05) is 20.8 Å². The lowest BCUT2D eigenvalue weighted by atomic mass is 9.68. The van der Waals surface area contributed by atoms with Crippen molar-refractivity contribution in [2.75, 3.05) is 5.73 Å². The van der Waals surface area contributed by atoms with Crippen LogP contribution < -0.4 is 11.1 Å². The van der Waals surface area contributed by atoms with Crippen molar-refractivity contribution in [2.45, 2.75) is 46.1 Å². The smallest absolute Gasteiger partial charge is 0.270 e. The third-order valence-electron chi connectivity index (χ3n) is 5.56. The van der Waals surface area contributed by atoms with Crippen molar-refractivity contribution in [3.8, 4) is 0 Å². The maximum atomic E-state index is 12.4. The number of aromatic nitrogens is 1. The zero-order valence-corrected chi connectivity index (χ0v) is 12.4. The molecule has 0 saturated heterocycles. The fraction of sp³-hybridized carbons (Fsp3) is 0.625. The Kier molecular flexibility index (Phi) is 2.82. The number of rotatable bonds is 2. The van der Waals surface area contributed by atoms with E-state index >= 15 is 0 Å². The van der Waals surface area contributed by atoms with Gasteiger partial charge in [0.2, 0.25) is 0 Å². The van der Waals surface area contributed by atoms with Crippen LogP contribution in [0.15, 0.2) is 18.3 Å². The highest BCUT2D eigenvalue weighted by Gasteiger charge is 2.59. The molecular formula is C16H23N3O. The maximum Gasteiger partial charge on any atom is 0.270 e. The molecule has 2 aliphatic rings. The first-order valence-corrected chi connectivity index (χ1v) is 7.35. The molecule has 3 N–H and O–H groups in total. The lowest BCUT2D eigenvalue weighted by molar-refractivity contribution is 0.0733. The molecule has 1 amide bonds. The first kappa shape index (κ1) is 13.4. The molecule has 2 bridgehead atoms. The fourth-order valence-electron chi connectivity index (χ4n) is 4.41. The summed E-state index contributed by atoms with van der Waals surface area (Å²) in [7, 11) is 0. The maximum absolute atomic E-state index is 12.4. The molecule has 0 aromatic carbocycles. The molecule has 108 valence electrons. The van der Waals surface area contributed by atoms with Crippen LogP contribution in [-0.2, 0) is 0 Å². The van der Waals surface area contributed by atoms with Crippen LogP contribution in [0, 0.1) is 16.7 Å². The van der Waals surface area contributed by atoms with E-state index in [1.54, 1.807) is 12.1 Å². The zero-order chi connectivity index (χ0) is 14.5. The van der Waals surface area contributed by atoms with Crippen LogP contribution in [0.3, 0.4) is 0 Å². The number of pyridine rings is 1. The quantitative estimate of drug-likeness (QED) is 0.870. The molecule has 0 aliphatic heterocycles. The molecule has 20 heavy (non-hydrogen) atoms. The number of anilines is 1. The number of nitrogens with one attached hydrogen (secondary N) is 1. The van der Waals surface area contributed by atoms with Crippen molar-refractivity contribution >= 4 is 11.6 Å². The highest BCUT2D eigenvalue weighted by molar-refractivity contribution is 5.92. The van der Waals surface area contributed by atoms with Crippen LogP contribution in [0.5, 0.6) is 0 Å². The van der Waals surface area contributed by atoms with Crippen molar-refractivity contribution in [2.24, 2.45) is 16.7 Å². The lowest BCUT2D eigenvalue weighted by Gasteiger charge is -2.43. The predicted octanol–water partition coefficient (Wildman–Crippen LogP) is 2.61. The number of nitrogens with two attached hydrogens (primary N) is 1. The molecule has 1 aromatic heterocycles. The Labute approximate surface area is 120 Å². The van der Waals surface area contributed by atoms with E-state index < -0.39 is 0 Å². The Hall–Kier alpha value is -1.58. The molecule has 1 heterocycles. The van der Waals surface area contributed by atoms with Gasteiger partial charge < -0.3 is 11.1 Å². The van der Waals surface area contributed by atoms with E-state index in [9.17, 15) is 4.79 Å². The van der Waals surface area contributed by atoms with E-state index in [0.29, 0.717) is 11.4 Å². The summed E-state index contributed by atoms with van der Waals surface area (Å²) in [5, 5.41) is 3.23. The van der Waals surface area contributed by atoms with E-state index in [0.717, 1.165) is 5.92 Å². The average molecular weight is 273 g/mol. The number of hydrogen-bond donors (Lipinski definition) is 2. The molecular weight excluding hydrogens is 250 g/mol. The molecule has 4 heteroatoms. The summed E-state index contributed by atoms with van der Waals surface area (Å²) < 4.78 is 0. The van der Waals surface area contributed by atoms with Gasteiger partial charge in [0.05, 0.1) is 11.9 Å². The van der Waals surface area contributed by atoms with Crippen LogP contribution in [0.2, 0.25) is 0 Å². The van der Waals surface area contributed by atoms with Crippen molar-refractivity contribution < 1.29 is 4.79 Å². The minimum Gasteiger partial charge on any atom is -0.397 e. The number of amides is 1. The van der Waals surface area contributed by atoms with Crippen LogP contribution >= 0.6 is 0 Å². The first-order chi connectivity index (χ1) is 9.33. The molecule has 4 nitrogen and oxygen atoms in total. The van der Waals surface area contributed by atoms with Gasteiger partial charge in [-0.05, 0) is 48.1 Å². The molecule has 3 atom stereocenters. The van der Waals surface area contributed by atoms with E-state index in [4.69, 9.17) is 5.73 Å². The summed E-state index contributed by atoms with van der Waals surface area (Å²) in [5.74, 6) is 0.633. The van der Waals surface area contributed by atoms with Crippen molar-refractivity contribution in [3.63, 3.8) is 0 Å². The average Bonchev–Trinajstić information content (AvgIpc) is 2.86. The van der Waals surface area contributed by atoms with Crippen LogP contribution in [0.1, 0.15) is 50.5 Å². The fourth-order valence-corrected chi connectivity index (χ4v) is 4.41. The number of fused-ring (bicyclic) bond motifs is 2. The first-order valence-electron chi connectivity index (χ1n) is 7.35. The number of nitrogen functional groups attached to an aromatic ring is 1. The van der Waals surface area contributed by atoms with Gasteiger partial charge in [-0.15, -0.1) is 0 Å². The van der Waals surface area contributed by atoms with Crippen LogP contribution in [0.4, 0.5) is 5.69 Å². The van der Waals surface area contributed by atoms with E-state index in [2.05, 4.69) is 31.1 Å². The van der Waals surface area contributed by atoms with Crippen molar-refractivity contribution in [1.29, 1.82) is 0 Å². The lowest BCUT2D eigenvalue weighted by Crippen LogP contribution is -2.52. The molecule has 1 aromatic rings. The molecule has 2 aliphatic carbocycles. The molecule has 0 spiro atoms. The molecule has 2 saturated carbocycles. The predicted molar refractivity (Wildman–Crippen MR) is 79.1 cm³/mol. The molecule has 2 fully saturated rings. The third-order valence-corrected chi connectivity index (χ3v) is 5.56.